The average molecular weight is 285 g/mol. The minimum atomic E-state index is -0.282. The second-order valence-electron chi connectivity index (χ2n) is 4.76. The van der Waals surface area contributed by atoms with E-state index in [0.29, 0.717) is 15.9 Å². The third kappa shape index (κ3) is 2.76. The Morgan fingerprint density at radius 2 is 2.33 bits per heavy atom. The number of nitrogens with two attached hydrogens (primary N) is 1. The molecule has 0 spiro atoms. The van der Waals surface area contributed by atoms with E-state index in [4.69, 9.17) is 29.6 Å². The molecule has 0 saturated carbocycles. The van der Waals surface area contributed by atoms with Gasteiger partial charge in [0.05, 0.1) is 6.10 Å². The fraction of sp³-hybridized carbons (Fsp3) is 0.462. The monoisotopic (exact) mass is 284 g/mol. The van der Waals surface area contributed by atoms with Gasteiger partial charge >= 0.3 is 0 Å². The predicted molar refractivity (Wildman–Crippen MR) is 79.3 cm³/mol. The maximum atomic E-state index is 9.64. The summed E-state index contributed by atoms with van der Waals surface area (Å²) in [5.41, 5.74) is 7.56. The summed E-state index contributed by atoms with van der Waals surface area (Å²) in [4.78, 5) is 2.57. The quantitative estimate of drug-likeness (QED) is 0.836. The first kappa shape index (κ1) is 13.6. The molecule has 5 heteroatoms. The van der Waals surface area contributed by atoms with E-state index in [1.807, 2.05) is 19.1 Å². The first-order valence-electron chi connectivity index (χ1n) is 6.01. The predicted octanol–water partition coefficient (Wildman–Crippen LogP) is 2.18. The Bertz CT molecular complexity index is 464. The maximum Gasteiger partial charge on any atom is 0.106 e. The molecule has 2 atom stereocenters. The maximum absolute atomic E-state index is 9.64. The van der Waals surface area contributed by atoms with Gasteiger partial charge < -0.3 is 15.7 Å². The van der Waals surface area contributed by atoms with Crippen LogP contribution in [-0.2, 0) is 0 Å². The van der Waals surface area contributed by atoms with Crippen LogP contribution in [0.2, 0.25) is 5.02 Å². The molecule has 0 aliphatic carbocycles. The number of hydrogen-bond donors (Lipinski definition) is 2. The Morgan fingerprint density at radius 3 is 2.89 bits per heavy atom. The summed E-state index contributed by atoms with van der Waals surface area (Å²) in [6, 6.07) is 5.59. The highest BCUT2D eigenvalue weighted by atomic mass is 35.5. The van der Waals surface area contributed by atoms with E-state index < -0.39 is 0 Å². The van der Waals surface area contributed by atoms with Gasteiger partial charge in [-0.3, -0.25) is 0 Å². The van der Waals surface area contributed by atoms with E-state index in [9.17, 15) is 5.11 Å². The molecule has 1 aliphatic heterocycles. The van der Waals surface area contributed by atoms with Crippen LogP contribution in [0, 0.1) is 5.92 Å². The zero-order valence-electron chi connectivity index (χ0n) is 10.3. The molecule has 98 valence electrons. The lowest BCUT2D eigenvalue weighted by atomic mass is 10.0. The normalized spacial score (nSPS) is 21.1. The summed E-state index contributed by atoms with van der Waals surface area (Å²) in [5, 5.41) is 10.3. The molecule has 1 aliphatic rings. The molecule has 1 fully saturated rings. The molecular weight excluding hydrogens is 268 g/mol. The highest BCUT2D eigenvalue weighted by Crippen LogP contribution is 2.30. The molecule has 0 radical (unpaired) electrons. The van der Waals surface area contributed by atoms with Crippen molar-refractivity contribution in [1.29, 1.82) is 0 Å². The lowest BCUT2D eigenvalue weighted by Crippen LogP contribution is -2.26. The van der Waals surface area contributed by atoms with Gasteiger partial charge in [0, 0.05) is 35.3 Å². The highest BCUT2D eigenvalue weighted by Gasteiger charge is 2.27. The molecule has 1 aromatic carbocycles. The highest BCUT2D eigenvalue weighted by molar-refractivity contribution is 7.80. The summed E-state index contributed by atoms with van der Waals surface area (Å²) < 4.78 is 0. The summed E-state index contributed by atoms with van der Waals surface area (Å²) >= 11 is 11.0. The van der Waals surface area contributed by atoms with Gasteiger partial charge in [-0.15, -0.1) is 0 Å². The zero-order valence-corrected chi connectivity index (χ0v) is 11.8. The minimum Gasteiger partial charge on any atom is -0.393 e. The van der Waals surface area contributed by atoms with E-state index in [1.165, 1.54) is 0 Å². The van der Waals surface area contributed by atoms with Crippen molar-refractivity contribution in [2.45, 2.75) is 19.4 Å². The summed E-state index contributed by atoms with van der Waals surface area (Å²) in [6.45, 7) is 3.58. The summed E-state index contributed by atoms with van der Waals surface area (Å²) in [7, 11) is 0. The van der Waals surface area contributed by atoms with Crippen molar-refractivity contribution < 1.29 is 5.11 Å². The van der Waals surface area contributed by atoms with Gasteiger partial charge in [0.25, 0.3) is 0 Å². The summed E-state index contributed by atoms with van der Waals surface area (Å²) in [5.74, 6) is 0.305. The lowest BCUT2D eigenvalue weighted by molar-refractivity contribution is 0.136. The molecule has 18 heavy (non-hydrogen) atoms. The molecule has 0 amide bonds. The lowest BCUT2D eigenvalue weighted by Gasteiger charge is -2.22. The van der Waals surface area contributed by atoms with E-state index in [2.05, 4.69) is 4.90 Å². The summed E-state index contributed by atoms with van der Waals surface area (Å²) in [6.07, 6.45) is 0.701. The van der Waals surface area contributed by atoms with Gasteiger partial charge in [-0.2, -0.15) is 0 Å². The number of rotatable bonds is 3. The third-order valence-electron chi connectivity index (χ3n) is 3.47. The topological polar surface area (TPSA) is 49.5 Å². The van der Waals surface area contributed by atoms with Crippen LogP contribution in [0.3, 0.4) is 0 Å². The molecule has 1 saturated heterocycles. The molecule has 0 bridgehead atoms. The van der Waals surface area contributed by atoms with E-state index in [1.54, 1.807) is 6.07 Å². The van der Waals surface area contributed by atoms with Crippen molar-refractivity contribution in [2.75, 3.05) is 18.0 Å². The molecule has 3 N–H and O–H groups in total. The number of nitrogens with zero attached hydrogens (tertiary/aromatic N) is 1. The molecular formula is C13H17ClN2OS. The van der Waals surface area contributed by atoms with Crippen LogP contribution < -0.4 is 10.6 Å². The number of aliphatic hydroxyl groups is 1. The Kier molecular flexibility index (Phi) is 4.10. The first-order valence-corrected chi connectivity index (χ1v) is 6.80. The standard InChI is InChI=1S/C13H17ClN2OS/c1-8(17)9-4-5-16(7-9)12-3-2-10(14)6-11(12)13(15)18/h2-3,6,8-9,17H,4-5,7H2,1H3,(H2,15,18). The second-order valence-corrected chi connectivity index (χ2v) is 5.64. The SMILES string of the molecule is CC(O)C1CCN(c2ccc(Cl)cc2C(N)=S)C1. The van der Waals surface area contributed by atoms with Gasteiger partial charge in [-0.1, -0.05) is 23.8 Å². The van der Waals surface area contributed by atoms with Gasteiger partial charge in [-0.05, 0) is 31.5 Å². The molecule has 2 rings (SSSR count). The number of thiocarbonyl (C=S) groups is 1. The van der Waals surface area contributed by atoms with Crippen LogP contribution in [0.4, 0.5) is 5.69 Å². The van der Waals surface area contributed by atoms with Crippen LogP contribution in [-0.4, -0.2) is 29.3 Å². The Morgan fingerprint density at radius 1 is 1.61 bits per heavy atom. The van der Waals surface area contributed by atoms with Gasteiger partial charge in [0.15, 0.2) is 0 Å². The van der Waals surface area contributed by atoms with Gasteiger partial charge in [-0.25, -0.2) is 0 Å². The Balaban J connectivity index is 2.27. The largest absolute Gasteiger partial charge is 0.393 e. The van der Waals surface area contributed by atoms with E-state index in [-0.39, 0.29) is 6.10 Å². The van der Waals surface area contributed by atoms with E-state index >= 15 is 0 Å². The average Bonchev–Trinajstić information content (AvgIpc) is 2.78. The van der Waals surface area contributed by atoms with Crippen LogP contribution in [0.25, 0.3) is 0 Å². The van der Waals surface area contributed by atoms with Crippen molar-refractivity contribution in [1.82, 2.24) is 0 Å². The molecule has 0 aromatic heterocycles. The van der Waals surface area contributed by atoms with Crippen molar-refractivity contribution in [3.8, 4) is 0 Å². The molecule has 1 heterocycles. The molecule has 3 nitrogen and oxygen atoms in total. The minimum absolute atomic E-state index is 0.282. The fourth-order valence-electron chi connectivity index (χ4n) is 2.38. The van der Waals surface area contributed by atoms with Crippen LogP contribution in [0.5, 0.6) is 0 Å². The third-order valence-corrected chi connectivity index (χ3v) is 3.93. The number of anilines is 1. The number of aliphatic hydroxyl groups excluding tert-OH is 1. The van der Waals surface area contributed by atoms with Crippen LogP contribution >= 0.6 is 23.8 Å². The number of hydrogen-bond acceptors (Lipinski definition) is 3. The Hall–Kier alpha value is -0.840. The van der Waals surface area contributed by atoms with Gasteiger partial charge in [0.1, 0.15) is 4.99 Å². The van der Waals surface area contributed by atoms with Gasteiger partial charge in [0.2, 0.25) is 0 Å². The van der Waals surface area contributed by atoms with Crippen molar-refractivity contribution in [3.05, 3.63) is 28.8 Å². The van der Waals surface area contributed by atoms with Crippen molar-refractivity contribution in [3.63, 3.8) is 0 Å². The number of halogens is 1. The van der Waals surface area contributed by atoms with Crippen LogP contribution in [0.15, 0.2) is 18.2 Å². The van der Waals surface area contributed by atoms with E-state index in [0.717, 1.165) is 30.8 Å². The van der Waals surface area contributed by atoms with Crippen LogP contribution in [0.1, 0.15) is 18.9 Å². The first-order chi connectivity index (χ1) is 8.49. The van der Waals surface area contributed by atoms with Crippen molar-refractivity contribution >= 4 is 34.5 Å². The van der Waals surface area contributed by atoms with Crippen molar-refractivity contribution in [2.24, 2.45) is 11.7 Å². The fourth-order valence-corrected chi connectivity index (χ4v) is 2.72. The molecule has 1 aromatic rings. The zero-order chi connectivity index (χ0) is 13.3. The smallest absolute Gasteiger partial charge is 0.106 e. The Labute approximate surface area is 118 Å². The molecule has 2 unspecified atom stereocenters. The number of benzene rings is 1. The second kappa shape index (κ2) is 5.43.